The van der Waals surface area contributed by atoms with E-state index in [4.69, 9.17) is 14.6 Å². The standard InChI is InChI=1S/C20H17IN2O5/c1-3-28-17-9-12(8-16(21)18(17)27-2)7-14(11-22)19(24)23-15-6-4-5-13(10-15)20(25)26/h4-10H,3H2,1-2H3,(H,23,24)(H,25,26)/b14-7+. The smallest absolute Gasteiger partial charge is 0.335 e. The van der Waals surface area contributed by atoms with Crippen molar-refractivity contribution in [2.75, 3.05) is 19.0 Å². The highest BCUT2D eigenvalue weighted by Crippen LogP contribution is 2.34. The second kappa shape index (κ2) is 9.75. The van der Waals surface area contributed by atoms with Crippen LogP contribution in [0.2, 0.25) is 0 Å². The molecule has 0 fully saturated rings. The fraction of sp³-hybridized carbons (Fsp3) is 0.150. The largest absolute Gasteiger partial charge is 0.492 e. The molecule has 0 spiro atoms. The number of halogens is 1. The maximum atomic E-state index is 12.4. The molecule has 144 valence electrons. The van der Waals surface area contributed by atoms with Crippen LogP contribution in [0.5, 0.6) is 11.5 Å². The predicted molar refractivity (Wildman–Crippen MR) is 113 cm³/mol. The number of aromatic carboxylic acids is 1. The van der Waals surface area contributed by atoms with E-state index >= 15 is 0 Å². The first kappa shape index (κ1) is 21.2. The summed E-state index contributed by atoms with van der Waals surface area (Å²) in [5, 5.41) is 21.0. The van der Waals surface area contributed by atoms with Gasteiger partial charge in [0.1, 0.15) is 11.6 Å². The third-order valence-corrected chi connectivity index (χ3v) is 4.38. The van der Waals surface area contributed by atoms with E-state index in [2.05, 4.69) is 27.9 Å². The molecule has 2 aromatic carbocycles. The third-order valence-electron chi connectivity index (χ3n) is 3.58. The number of benzene rings is 2. The van der Waals surface area contributed by atoms with Crippen molar-refractivity contribution in [3.05, 3.63) is 56.7 Å². The van der Waals surface area contributed by atoms with Gasteiger partial charge in [-0.3, -0.25) is 4.79 Å². The summed E-state index contributed by atoms with van der Waals surface area (Å²) in [6, 6.07) is 11.1. The van der Waals surface area contributed by atoms with Gasteiger partial charge in [0.05, 0.1) is 22.9 Å². The maximum Gasteiger partial charge on any atom is 0.335 e. The molecule has 0 aliphatic carbocycles. The van der Waals surface area contributed by atoms with Gasteiger partial charge in [-0.2, -0.15) is 5.26 Å². The number of amides is 1. The van der Waals surface area contributed by atoms with Crippen molar-refractivity contribution in [2.45, 2.75) is 6.92 Å². The molecule has 0 aromatic heterocycles. The lowest BCUT2D eigenvalue weighted by molar-refractivity contribution is -0.112. The number of nitrogens with one attached hydrogen (secondary N) is 1. The first-order chi connectivity index (χ1) is 13.4. The zero-order valence-electron chi connectivity index (χ0n) is 15.2. The highest BCUT2D eigenvalue weighted by Gasteiger charge is 2.14. The number of carboxylic acids is 1. The monoisotopic (exact) mass is 492 g/mol. The normalized spacial score (nSPS) is 10.7. The number of hydrogen-bond acceptors (Lipinski definition) is 5. The van der Waals surface area contributed by atoms with Gasteiger partial charge in [-0.25, -0.2) is 4.79 Å². The van der Waals surface area contributed by atoms with Crippen molar-refractivity contribution < 1.29 is 24.2 Å². The molecule has 0 radical (unpaired) electrons. The summed E-state index contributed by atoms with van der Waals surface area (Å²) in [5.41, 5.74) is 0.778. The summed E-state index contributed by atoms with van der Waals surface area (Å²) in [5.74, 6) is -0.666. The summed E-state index contributed by atoms with van der Waals surface area (Å²) in [6.45, 7) is 2.28. The Kier molecular flexibility index (Phi) is 7.40. The average Bonchev–Trinajstić information content (AvgIpc) is 2.66. The number of nitrogens with zero attached hydrogens (tertiary/aromatic N) is 1. The molecule has 0 aliphatic heterocycles. The number of carboxylic acid groups (broad SMARTS) is 1. The van der Waals surface area contributed by atoms with Gasteiger partial charge in [-0.1, -0.05) is 6.07 Å². The Bertz CT molecular complexity index is 979. The number of ether oxygens (including phenoxy) is 2. The lowest BCUT2D eigenvalue weighted by atomic mass is 10.1. The van der Waals surface area contributed by atoms with Gasteiger partial charge in [-0.15, -0.1) is 0 Å². The number of rotatable bonds is 7. The Morgan fingerprint density at radius 1 is 1.32 bits per heavy atom. The first-order valence-electron chi connectivity index (χ1n) is 8.16. The Balaban J connectivity index is 2.33. The number of hydrogen-bond donors (Lipinski definition) is 2. The van der Waals surface area contributed by atoms with Gasteiger partial charge in [0.25, 0.3) is 5.91 Å². The van der Waals surface area contributed by atoms with Gasteiger partial charge < -0.3 is 19.9 Å². The Hall–Kier alpha value is -3.06. The molecule has 0 saturated heterocycles. The molecule has 0 bridgehead atoms. The van der Waals surface area contributed by atoms with Gasteiger partial charge in [0.2, 0.25) is 0 Å². The summed E-state index contributed by atoms with van der Waals surface area (Å²) in [7, 11) is 1.54. The van der Waals surface area contributed by atoms with E-state index in [0.29, 0.717) is 23.7 Å². The van der Waals surface area contributed by atoms with Crippen LogP contribution < -0.4 is 14.8 Å². The van der Waals surface area contributed by atoms with Crippen LogP contribution >= 0.6 is 22.6 Å². The van der Waals surface area contributed by atoms with Crippen molar-refractivity contribution in [1.29, 1.82) is 5.26 Å². The van der Waals surface area contributed by atoms with E-state index in [1.165, 1.54) is 31.4 Å². The summed E-state index contributed by atoms with van der Waals surface area (Å²) in [4.78, 5) is 23.5. The molecule has 2 N–H and O–H groups in total. The van der Waals surface area contributed by atoms with E-state index in [9.17, 15) is 14.9 Å². The Morgan fingerprint density at radius 2 is 2.07 bits per heavy atom. The zero-order chi connectivity index (χ0) is 20.7. The molecule has 2 aromatic rings. The topological polar surface area (TPSA) is 109 Å². The van der Waals surface area contributed by atoms with E-state index in [-0.39, 0.29) is 16.8 Å². The molecular formula is C20H17IN2O5. The minimum Gasteiger partial charge on any atom is -0.492 e. The van der Waals surface area contributed by atoms with Gasteiger partial charge in [0, 0.05) is 5.69 Å². The number of anilines is 1. The molecule has 8 heteroatoms. The summed E-state index contributed by atoms with van der Waals surface area (Å²) >= 11 is 2.08. The molecule has 0 heterocycles. The van der Waals surface area contributed by atoms with Crippen molar-refractivity contribution >= 4 is 46.2 Å². The fourth-order valence-electron chi connectivity index (χ4n) is 2.38. The SMILES string of the molecule is CCOc1cc(/C=C(\C#N)C(=O)Nc2cccc(C(=O)O)c2)cc(I)c1OC. The molecule has 0 atom stereocenters. The van der Waals surface area contributed by atoms with E-state index in [0.717, 1.165) is 3.57 Å². The Labute approximate surface area is 175 Å². The minimum atomic E-state index is -1.11. The number of nitriles is 1. The van der Waals surface area contributed by atoms with E-state index < -0.39 is 11.9 Å². The van der Waals surface area contributed by atoms with Crippen molar-refractivity contribution in [3.63, 3.8) is 0 Å². The van der Waals surface area contributed by atoms with E-state index in [1.807, 2.05) is 13.0 Å². The third kappa shape index (κ3) is 5.23. The summed E-state index contributed by atoms with van der Waals surface area (Å²) in [6.07, 6.45) is 1.43. The van der Waals surface area contributed by atoms with Gasteiger partial charge >= 0.3 is 5.97 Å². The van der Waals surface area contributed by atoms with Crippen LogP contribution in [-0.4, -0.2) is 30.7 Å². The zero-order valence-corrected chi connectivity index (χ0v) is 17.3. The minimum absolute atomic E-state index is 0.0337. The average molecular weight is 492 g/mol. The lowest BCUT2D eigenvalue weighted by Gasteiger charge is -2.12. The lowest BCUT2D eigenvalue weighted by Crippen LogP contribution is -2.14. The molecular weight excluding hydrogens is 475 g/mol. The molecule has 1 amide bonds. The van der Waals surface area contributed by atoms with Crippen LogP contribution in [0.15, 0.2) is 42.0 Å². The van der Waals surface area contributed by atoms with E-state index in [1.54, 1.807) is 18.2 Å². The van der Waals surface area contributed by atoms with Crippen LogP contribution in [0.3, 0.4) is 0 Å². The highest BCUT2D eigenvalue weighted by molar-refractivity contribution is 14.1. The van der Waals surface area contributed by atoms with Crippen LogP contribution in [-0.2, 0) is 4.79 Å². The number of carbonyl (C=O) groups is 2. The van der Waals surface area contributed by atoms with Crippen LogP contribution in [0.1, 0.15) is 22.8 Å². The second-order valence-electron chi connectivity index (χ2n) is 5.48. The Morgan fingerprint density at radius 3 is 2.68 bits per heavy atom. The van der Waals surface area contributed by atoms with Crippen LogP contribution in [0.4, 0.5) is 5.69 Å². The van der Waals surface area contributed by atoms with Crippen molar-refractivity contribution in [2.24, 2.45) is 0 Å². The highest BCUT2D eigenvalue weighted by atomic mass is 127. The molecule has 2 rings (SSSR count). The second-order valence-corrected chi connectivity index (χ2v) is 6.64. The molecule has 0 aliphatic rings. The summed E-state index contributed by atoms with van der Waals surface area (Å²) < 4.78 is 11.7. The maximum absolute atomic E-state index is 12.4. The van der Waals surface area contributed by atoms with Crippen molar-refractivity contribution in [1.82, 2.24) is 0 Å². The molecule has 0 saturated carbocycles. The van der Waals surface area contributed by atoms with Gasteiger partial charge in [-0.05, 0) is 71.5 Å². The number of carbonyl (C=O) groups excluding carboxylic acids is 1. The fourth-order valence-corrected chi connectivity index (χ4v) is 3.22. The van der Waals surface area contributed by atoms with Gasteiger partial charge in [0.15, 0.2) is 11.5 Å². The first-order valence-corrected chi connectivity index (χ1v) is 9.24. The van der Waals surface area contributed by atoms with Crippen LogP contribution in [0.25, 0.3) is 6.08 Å². The van der Waals surface area contributed by atoms with Crippen molar-refractivity contribution in [3.8, 4) is 17.6 Å². The number of methoxy groups -OCH3 is 1. The molecule has 7 nitrogen and oxygen atoms in total. The predicted octanol–water partition coefficient (Wildman–Crippen LogP) is 3.94. The van der Waals surface area contributed by atoms with Crippen LogP contribution in [0, 0.1) is 14.9 Å². The molecule has 0 unspecified atom stereocenters. The molecule has 28 heavy (non-hydrogen) atoms. The quantitative estimate of drug-likeness (QED) is 0.345.